The van der Waals surface area contributed by atoms with Crippen LogP contribution in [0.1, 0.15) is 16.1 Å². The van der Waals surface area contributed by atoms with E-state index in [0.717, 1.165) is 6.20 Å². The monoisotopic (exact) mass is 307 g/mol. The van der Waals surface area contributed by atoms with E-state index in [9.17, 15) is 14.9 Å². The first-order valence-corrected chi connectivity index (χ1v) is 6.19. The van der Waals surface area contributed by atoms with Gasteiger partial charge >= 0.3 is 5.97 Å². The minimum absolute atomic E-state index is 0.234. The summed E-state index contributed by atoms with van der Waals surface area (Å²) >= 11 is 6.02. The molecule has 0 radical (unpaired) electrons. The average Bonchev–Trinajstić information content (AvgIpc) is 2.93. The molecule has 0 saturated carbocycles. The maximum Gasteiger partial charge on any atom is 0.339 e. The summed E-state index contributed by atoms with van der Waals surface area (Å²) < 4.78 is 10.0. The van der Waals surface area contributed by atoms with Gasteiger partial charge in [0.1, 0.15) is 11.5 Å². The van der Waals surface area contributed by atoms with Crippen LogP contribution in [0, 0.1) is 10.1 Å². The highest BCUT2D eigenvalue weighted by atomic mass is 35.5. The number of carbonyl (C=O) groups is 1. The zero-order valence-electron chi connectivity index (χ0n) is 10.9. The highest BCUT2D eigenvalue weighted by Gasteiger charge is 2.12. The van der Waals surface area contributed by atoms with E-state index in [-0.39, 0.29) is 10.6 Å². The molecule has 7 heteroatoms. The van der Waals surface area contributed by atoms with Crippen molar-refractivity contribution < 1.29 is 18.9 Å². The number of methoxy groups -OCH3 is 1. The van der Waals surface area contributed by atoms with E-state index < -0.39 is 10.9 Å². The van der Waals surface area contributed by atoms with Gasteiger partial charge in [0, 0.05) is 5.56 Å². The van der Waals surface area contributed by atoms with Crippen LogP contribution < -0.4 is 0 Å². The maximum absolute atomic E-state index is 11.4. The number of halogens is 1. The molecule has 0 N–H and O–H groups in total. The summed E-state index contributed by atoms with van der Waals surface area (Å²) in [5.74, 6) is 0.298. The number of esters is 1. The number of ether oxygens (including phenoxy) is 1. The Labute approximate surface area is 124 Å². The molecule has 0 atom stereocenters. The molecule has 0 amide bonds. The summed E-state index contributed by atoms with van der Waals surface area (Å²) in [6.45, 7) is 0. The standard InChI is InChI=1S/C14H10ClNO5/c1-20-14(17)11-4-2-9(8-12(11)15)13-5-3-10(21-13)6-7-16(18)19/h2-8H,1H3/b7-6+. The summed E-state index contributed by atoms with van der Waals surface area (Å²) in [6, 6.07) is 7.99. The number of nitro groups is 1. The molecule has 2 aromatic rings. The number of benzene rings is 1. The second kappa shape index (κ2) is 6.23. The first kappa shape index (κ1) is 14.8. The van der Waals surface area contributed by atoms with Crippen molar-refractivity contribution in [1.82, 2.24) is 0 Å². The number of hydrogen-bond donors (Lipinski definition) is 0. The van der Waals surface area contributed by atoms with E-state index in [1.807, 2.05) is 0 Å². The Hall–Kier alpha value is -2.60. The van der Waals surface area contributed by atoms with E-state index in [0.29, 0.717) is 17.1 Å². The number of carbonyl (C=O) groups excluding carboxylic acids is 1. The van der Waals surface area contributed by atoms with Gasteiger partial charge in [-0.1, -0.05) is 17.7 Å². The highest BCUT2D eigenvalue weighted by molar-refractivity contribution is 6.33. The fourth-order valence-electron chi connectivity index (χ4n) is 1.68. The summed E-state index contributed by atoms with van der Waals surface area (Å²) in [5.41, 5.74) is 0.899. The lowest BCUT2D eigenvalue weighted by atomic mass is 10.1. The topological polar surface area (TPSA) is 82.6 Å². The van der Waals surface area contributed by atoms with Crippen molar-refractivity contribution in [2.45, 2.75) is 0 Å². The lowest BCUT2D eigenvalue weighted by molar-refractivity contribution is -0.401. The van der Waals surface area contributed by atoms with Gasteiger partial charge in [0.05, 0.1) is 28.7 Å². The second-order valence-corrected chi connectivity index (χ2v) is 4.40. The molecule has 0 fully saturated rings. The molecule has 1 aromatic heterocycles. The van der Waals surface area contributed by atoms with Crippen LogP contribution in [0.2, 0.25) is 5.02 Å². The van der Waals surface area contributed by atoms with E-state index in [1.165, 1.54) is 19.3 Å². The normalized spacial score (nSPS) is 10.8. The third-order valence-corrected chi connectivity index (χ3v) is 2.96. The van der Waals surface area contributed by atoms with E-state index >= 15 is 0 Å². The van der Waals surface area contributed by atoms with Crippen molar-refractivity contribution in [2.75, 3.05) is 7.11 Å². The van der Waals surface area contributed by atoms with Gasteiger partial charge in [-0.2, -0.15) is 0 Å². The summed E-state index contributed by atoms with van der Waals surface area (Å²) in [4.78, 5) is 21.1. The zero-order valence-corrected chi connectivity index (χ0v) is 11.7. The number of hydrogen-bond acceptors (Lipinski definition) is 5. The number of furan rings is 1. The van der Waals surface area contributed by atoms with Crippen molar-refractivity contribution in [1.29, 1.82) is 0 Å². The van der Waals surface area contributed by atoms with Gasteiger partial charge < -0.3 is 9.15 Å². The third-order valence-electron chi connectivity index (χ3n) is 2.65. The minimum atomic E-state index is -0.579. The Balaban J connectivity index is 2.29. The lowest BCUT2D eigenvalue weighted by Crippen LogP contribution is -2.01. The van der Waals surface area contributed by atoms with Crippen LogP contribution in [0.25, 0.3) is 17.4 Å². The van der Waals surface area contributed by atoms with Crippen molar-refractivity contribution in [3.8, 4) is 11.3 Å². The molecule has 1 aromatic carbocycles. The molecule has 2 rings (SSSR count). The Morgan fingerprint density at radius 2 is 2.14 bits per heavy atom. The van der Waals surface area contributed by atoms with E-state index in [1.54, 1.807) is 24.3 Å². The van der Waals surface area contributed by atoms with Gasteiger partial charge in [-0.3, -0.25) is 10.1 Å². The Kier molecular flexibility index (Phi) is 4.39. The van der Waals surface area contributed by atoms with Gasteiger partial charge in [0.25, 0.3) is 0 Å². The Morgan fingerprint density at radius 1 is 1.38 bits per heavy atom. The Morgan fingerprint density at radius 3 is 2.76 bits per heavy atom. The van der Waals surface area contributed by atoms with Crippen molar-refractivity contribution in [2.24, 2.45) is 0 Å². The summed E-state index contributed by atoms with van der Waals surface area (Å²) in [5, 5.41) is 10.5. The first-order valence-electron chi connectivity index (χ1n) is 5.81. The molecule has 0 aliphatic heterocycles. The zero-order chi connectivity index (χ0) is 15.4. The fraction of sp³-hybridized carbons (Fsp3) is 0.0714. The van der Waals surface area contributed by atoms with Gasteiger partial charge in [-0.25, -0.2) is 4.79 Å². The molecule has 0 aliphatic rings. The molecule has 0 saturated heterocycles. The highest BCUT2D eigenvalue weighted by Crippen LogP contribution is 2.28. The van der Waals surface area contributed by atoms with Crippen LogP contribution in [0.3, 0.4) is 0 Å². The van der Waals surface area contributed by atoms with Gasteiger partial charge in [0.15, 0.2) is 0 Å². The van der Waals surface area contributed by atoms with Gasteiger partial charge in [-0.15, -0.1) is 0 Å². The van der Waals surface area contributed by atoms with Crippen molar-refractivity contribution in [3.05, 3.63) is 63.0 Å². The molecule has 0 aliphatic carbocycles. The van der Waals surface area contributed by atoms with E-state index in [4.69, 9.17) is 16.0 Å². The quantitative estimate of drug-likeness (QED) is 0.489. The maximum atomic E-state index is 11.4. The van der Waals surface area contributed by atoms with Crippen LogP contribution in [0.4, 0.5) is 0 Å². The number of nitrogens with zero attached hydrogens (tertiary/aromatic N) is 1. The third kappa shape index (κ3) is 3.49. The average molecular weight is 308 g/mol. The molecular formula is C14H10ClNO5. The molecule has 0 spiro atoms. The number of rotatable bonds is 4. The molecule has 0 unspecified atom stereocenters. The molecule has 6 nitrogen and oxygen atoms in total. The predicted octanol–water partition coefficient (Wildman–Crippen LogP) is 3.63. The van der Waals surface area contributed by atoms with Crippen molar-refractivity contribution >= 4 is 23.6 Å². The lowest BCUT2D eigenvalue weighted by Gasteiger charge is -2.03. The summed E-state index contributed by atoms with van der Waals surface area (Å²) in [6.07, 6.45) is 2.03. The smallest absolute Gasteiger partial charge is 0.339 e. The van der Waals surface area contributed by atoms with Crippen LogP contribution >= 0.6 is 11.6 Å². The van der Waals surface area contributed by atoms with Gasteiger partial charge in [-0.05, 0) is 24.3 Å². The first-order chi connectivity index (χ1) is 10.0. The van der Waals surface area contributed by atoms with Crippen LogP contribution in [-0.4, -0.2) is 18.0 Å². The largest absolute Gasteiger partial charge is 0.465 e. The second-order valence-electron chi connectivity index (χ2n) is 3.99. The summed E-state index contributed by atoms with van der Waals surface area (Å²) in [7, 11) is 1.27. The van der Waals surface area contributed by atoms with Gasteiger partial charge in [0.2, 0.25) is 6.20 Å². The molecular weight excluding hydrogens is 298 g/mol. The van der Waals surface area contributed by atoms with E-state index in [2.05, 4.69) is 4.74 Å². The molecule has 1 heterocycles. The molecule has 0 bridgehead atoms. The molecule has 108 valence electrons. The van der Waals surface area contributed by atoms with Crippen LogP contribution in [0.15, 0.2) is 40.9 Å². The SMILES string of the molecule is COC(=O)c1ccc(-c2ccc(/C=C/[N+](=O)[O-])o2)cc1Cl. The molecule has 21 heavy (non-hydrogen) atoms. The minimum Gasteiger partial charge on any atom is -0.465 e. The Bertz CT molecular complexity index is 720. The predicted molar refractivity (Wildman–Crippen MR) is 76.5 cm³/mol. The fourth-order valence-corrected chi connectivity index (χ4v) is 1.93. The van der Waals surface area contributed by atoms with Crippen molar-refractivity contribution in [3.63, 3.8) is 0 Å². The van der Waals surface area contributed by atoms with Crippen LogP contribution in [0.5, 0.6) is 0 Å². The van der Waals surface area contributed by atoms with Crippen LogP contribution in [-0.2, 0) is 4.74 Å².